The van der Waals surface area contributed by atoms with E-state index in [1.807, 2.05) is 22.4 Å². The third-order valence-electron chi connectivity index (χ3n) is 3.84. The molecule has 1 aliphatic heterocycles. The third kappa shape index (κ3) is 2.01. The maximum atomic E-state index is 12.7. The van der Waals surface area contributed by atoms with Crippen LogP contribution in [-0.2, 0) is 6.54 Å². The minimum absolute atomic E-state index is 0.0358. The molecule has 0 aromatic carbocycles. The monoisotopic (exact) mass is 298 g/mol. The molecule has 0 N–H and O–H groups in total. The van der Waals surface area contributed by atoms with Crippen LogP contribution in [0.3, 0.4) is 0 Å². The Morgan fingerprint density at radius 3 is 2.90 bits per heavy atom. The molecule has 21 heavy (non-hydrogen) atoms. The van der Waals surface area contributed by atoms with Crippen molar-refractivity contribution >= 4 is 17.2 Å². The van der Waals surface area contributed by atoms with Crippen LogP contribution in [0.15, 0.2) is 58.7 Å². The zero-order chi connectivity index (χ0) is 14.2. The number of carbonyl (C=O) groups is 1. The maximum absolute atomic E-state index is 12.7. The van der Waals surface area contributed by atoms with Gasteiger partial charge >= 0.3 is 0 Å². The Kier molecular flexibility index (Phi) is 2.93. The summed E-state index contributed by atoms with van der Waals surface area (Å²) in [6.45, 7) is 1.50. The summed E-state index contributed by atoms with van der Waals surface area (Å²) in [5.41, 5.74) is 1.16. The Bertz CT molecular complexity index is 743. The lowest BCUT2D eigenvalue weighted by atomic mass is 10.1. The molecule has 0 unspecified atom stereocenters. The van der Waals surface area contributed by atoms with Crippen molar-refractivity contribution in [1.82, 2.24) is 9.47 Å². The van der Waals surface area contributed by atoms with Gasteiger partial charge in [-0.3, -0.25) is 4.79 Å². The molecular weight excluding hydrogens is 284 g/mol. The topological polar surface area (TPSA) is 38.4 Å². The van der Waals surface area contributed by atoms with Gasteiger partial charge in [0.2, 0.25) is 0 Å². The highest BCUT2D eigenvalue weighted by molar-refractivity contribution is 7.10. The second-order valence-corrected chi connectivity index (χ2v) is 6.00. The van der Waals surface area contributed by atoms with Gasteiger partial charge in [0.05, 0.1) is 6.26 Å². The molecule has 5 heteroatoms. The number of rotatable bonds is 2. The van der Waals surface area contributed by atoms with Crippen LogP contribution < -0.4 is 0 Å². The number of thiophene rings is 1. The van der Waals surface area contributed by atoms with Gasteiger partial charge in [0, 0.05) is 29.9 Å². The van der Waals surface area contributed by atoms with Crippen molar-refractivity contribution in [2.45, 2.75) is 12.6 Å². The third-order valence-corrected chi connectivity index (χ3v) is 4.77. The molecule has 1 atom stereocenters. The average molecular weight is 298 g/mol. The first kappa shape index (κ1) is 12.5. The van der Waals surface area contributed by atoms with E-state index in [4.69, 9.17) is 4.42 Å². The largest absolute Gasteiger partial charge is 0.459 e. The minimum Gasteiger partial charge on any atom is -0.459 e. The van der Waals surface area contributed by atoms with Crippen LogP contribution in [0.5, 0.6) is 0 Å². The highest BCUT2D eigenvalue weighted by Crippen LogP contribution is 2.35. The predicted molar refractivity (Wildman–Crippen MR) is 80.3 cm³/mol. The molecule has 0 radical (unpaired) electrons. The Morgan fingerprint density at radius 2 is 2.14 bits per heavy atom. The lowest BCUT2D eigenvalue weighted by molar-refractivity contribution is 0.0634. The first-order valence-electron chi connectivity index (χ1n) is 6.87. The lowest BCUT2D eigenvalue weighted by Gasteiger charge is -2.36. The highest BCUT2D eigenvalue weighted by atomic mass is 32.1. The van der Waals surface area contributed by atoms with Gasteiger partial charge in [0.1, 0.15) is 6.04 Å². The Morgan fingerprint density at radius 1 is 1.19 bits per heavy atom. The Hall–Kier alpha value is -2.27. The Balaban J connectivity index is 1.78. The predicted octanol–water partition coefficient (Wildman–Crippen LogP) is 3.39. The van der Waals surface area contributed by atoms with E-state index in [1.165, 1.54) is 4.88 Å². The summed E-state index contributed by atoms with van der Waals surface area (Å²) in [5.74, 6) is 0.349. The van der Waals surface area contributed by atoms with Gasteiger partial charge in [-0.25, -0.2) is 0 Å². The molecule has 3 aromatic heterocycles. The van der Waals surface area contributed by atoms with Crippen molar-refractivity contribution in [1.29, 1.82) is 0 Å². The quantitative estimate of drug-likeness (QED) is 0.727. The second-order valence-electron chi connectivity index (χ2n) is 5.02. The minimum atomic E-state index is -0.0501. The first-order chi connectivity index (χ1) is 10.3. The highest BCUT2D eigenvalue weighted by Gasteiger charge is 2.34. The van der Waals surface area contributed by atoms with E-state index in [9.17, 15) is 4.79 Å². The van der Waals surface area contributed by atoms with Crippen molar-refractivity contribution < 1.29 is 9.21 Å². The molecule has 0 saturated heterocycles. The number of amides is 1. The molecule has 4 nitrogen and oxygen atoms in total. The number of hydrogen-bond donors (Lipinski definition) is 0. The summed E-state index contributed by atoms with van der Waals surface area (Å²) in [4.78, 5) is 15.8. The molecule has 0 fully saturated rings. The number of carbonyl (C=O) groups excluding carboxylic acids is 1. The zero-order valence-corrected chi connectivity index (χ0v) is 12.1. The van der Waals surface area contributed by atoms with Crippen LogP contribution >= 0.6 is 11.3 Å². The van der Waals surface area contributed by atoms with E-state index in [1.54, 1.807) is 29.7 Å². The van der Waals surface area contributed by atoms with Crippen molar-refractivity contribution in [2.75, 3.05) is 6.54 Å². The fourth-order valence-corrected chi connectivity index (χ4v) is 3.74. The number of hydrogen-bond acceptors (Lipinski definition) is 3. The van der Waals surface area contributed by atoms with Crippen LogP contribution in [0.25, 0.3) is 0 Å². The van der Waals surface area contributed by atoms with Crippen LogP contribution in [0.2, 0.25) is 0 Å². The molecule has 0 aliphatic carbocycles. The molecule has 0 spiro atoms. The molecule has 1 aliphatic rings. The molecule has 0 bridgehead atoms. The van der Waals surface area contributed by atoms with Crippen LogP contribution in [0.4, 0.5) is 0 Å². The van der Waals surface area contributed by atoms with E-state index in [-0.39, 0.29) is 11.9 Å². The van der Waals surface area contributed by atoms with Crippen molar-refractivity contribution in [2.24, 2.45) is 0 Å². The van der Waals surface area contributed by atoms with Crippen LogP contribution in [0, 0.1) is 0 Å². The van der Waals surface area contributed by atoms with Gasteiger partial charge in [-0.15, -0.1) is 11.3 Å². The van der Waals surface area contributed by atoms with E-state index >= 15 is 0 Å². The van der Waals surface area contributed by atoms with Crippen molar-refractivity contribution in [3.8, 4) is 0 Å². The summed E-state index contributed by atoms with van der Waals surface area (Å²) in [7, 11) is 0. The Labute approximate surface area is 126 Å². The summed E-state index contributed by atoms with van der Waals surface area (Å²) in [5, 5.41) is 2.05. The van der Waals surface area contributed by atoms with Crippen molar-refractivity contribution in [3.05, 3.63) is 70.6 Å². The van der Waals surface area contributed by atoms with E-state index in [0.717, 1.165) is 12.2 Å². The van der Waals surface area contributed by atoms with Crippen molar-refractivity contribution in [3.63, 3.8) is 0 Å². The van der Waals surface area contributed by atoms with Gasteiger partial charge in [0.25, 0.3) is 5.91 Å². The van der Waals surface area contributed by atoms with E-state index in [2.05, 4.69) is 22.9 Å². The fraction of sp³-hybridized carbons (Fsp3) is 0.188. The number of furan rings is 1. The van der Waals surface area contributed by atoms with Gasteiger partial charge < -0.3 is 13.9 Å². The number of nitrogens with zero attached hydrogens (tertiary/aromatic N) is 2. The zero-order valence-electron chi connectivity index (χ0n) is 11.3. The van der Waals surface area contributed by atoms with Crippen LogP contribution in [-0.4, -0.2) is 21.9 Å². The average Bonchev–Trinajstić information content (AvgIpc) is 3.25. The van der Waals surface area contributed by atoms with Gasteiger partial charge in [-0.2, -0.15) is 0 Å². The standard InChI is InChI=1S/C16H14N2O2S/c19-16(13-5-2-10-20-13)18-9-8-17-7-1-4-12(17)15(18)14-6-3-11-21-14/h1-7,10-11,15H,8-9H2/t15-/m1/s1. The smallest absolute Gasteiger partial charge is 0.290 e. The summed E-state index contributed by atoms with van der Waals surface area (Å²) < 4.78 is 7.51. The molecule has 1 amide bonds. The first-order valence-corrected chi connectivity index (χ1v) is 7.75. The molecule has 4 heterocycles. The maximum Gasteiger partial charge on any atom is 0.290 e. The van der Waals surface area contributed by atoms with E-state index in [0.29, 0.717) is 12.3 Å². The molecule has 4 rings (SSSR count). The lowest BCUT2D eigenvalue weighted by Crippen LogP contribution is -2.42. The fourth-order valence-electron chi connectivity index (χ4n) is 2.89. The molecule has 3 aromatic rings. The molecule has 106 valence electrons. The van der Waals surface area contributed by atoms with Gasteiger partial charge in [-0.1, -0.05) is 6.07 Å². The second kappa shape index (κ2) is 4.93. The number of aromatic nitrogens is 1. The van der Waals surface area contributed by atoms with Gasteiger partial charge in [0.15, 0.2) is 5.76 Å². The number of fused-ring (bicyclic) bond motifs is 1. The normalized spacial score (nSPS) is 17.7. The van der Waals surface area contributed by atoms with Crippen LogP contribution in [0.1, 0.15) is 27.2 Å². The summed E-state index contributed by atoms with van der Waals surface area (Å²) in [6.07, 6.45) is 3.62. The summed E-state index contributed by atoms with van der Waals surface area (Å²) in [6, 6.07) is 11.7. The summed E-state index contributed by atoms with van der Waals surface area (Å²) >= 11 is 1.68. The van der Waals surface area contributed by atoms with E-state index < -0.39 is 0 Å². The van der Waals surface area contributed by atoms with Gasteiger partial charge in [-0.05, 0) is 35.7 Å². The molecule has 0 saturated carbocycles. The SMILES string of the molecule is O=C(c1ccco1)N1CCn2cccc2[C@@H]1c1cccs1. The molecular formula is C16H14N2O2S.